The summed E-state index contributed by atoms with van der Waals surface area (Å²) in [5.74, 6) is -0.179. The number of likely N-dealkylation sites (tertiary alicyclic amines) is 1. The topological polar surface area (TPSA) is 78.0 Å². The molecule has 0 saturated carbocycles. The van der Waals surface area contributed by atoms with Crippen LogP contribution in [-0.4, -0.2) is 44.4 Å². The van der Waals surface area contributed by atoms with Gasteiger partial charge in [0.2, 0.25) is 5.91 Å². The van der Waals surface area contributed by atoms with E-state index in [1.807, 2.05) is 11.8 Å². The van der Waals surface area contributed by atoms with Gasteiger partial charge in [0.25, 0.3) is 10.0 Å². The van der Waals surface area contributed by atoms with E-state index in [4.69, 9.17) is 11.6 Å². The number of carbonyl (C=O) groups excluding carboxylic acids is 2. The summed E-state index contributed by atoms with van der Waals surface area (Å²) in [6.45, 7) is 4.19. The number of anilines is 2. The van der Waals surface area contributed by atoms with Crippen molar-refractivity contribution in [2.45, 2.75) is 50.5 Å². The van der Waals surface area contributed by atoms with E-state index in [1.165, 1.54) is 17.0 Å². The quantitative estimate of drug-likeness (QED) is 0.648. The second kappa shape index (κ2) is 8.75. The molecule has 3 amide bonds. The number of aryl methyl sites for hydroxylation is 1. The van der Waals surface area contributed by atoms with Crippen LogP contribution in [0.1, 0.15) is 38.2 Å². The summed E-state index contributed by atoms with van der Waals surface area (Å²) in [6.07, 6.45) is 3.79. The Morgan fingerprint density at radius 3 is 2.62 bits per heavy atom. The number of carbonyl (C=O) groups is 2. The van der Waals surface area contributed by atoms with Crippen molar-refractivity contribution >= 4 is 44.9 Å². The van der Waals surface area contributed by atoms with Gasteiger partial charge in [0, 0.05) is 17.6 Å². The lowest BCUT2D eigenvalue weighted by Crippen LogP contribution is -2.55. The Hall–Kier alpha value is -2.58. The number of sulfonamides is 1. The van der Waals surface area contributed by atoms with Gasteiger partial charge < -0.3 is 4.90 Å². The van der Waals surface area contributed by atoms with Crippen molar-refractivity contribution in [3.63, 3.8) is 0 Å². The van der Waals surface area contributed by atoms with E-state index in [1.54, 1.807) is 37.3 Å². The monoisotopic (exact) mass is 475 g/mol. The fourth-order valence-corrected chi connectivity index (χ4v) is 6.29. The summed E-state index contributed by atoms with van der Waals surface area (Å²) in [5, 5.41) is 0.314. The van der Waals surface area contributed by atoms with Crippen LogP contribution in [0.25, 0.3) is 0 Å². The number of hydrogen-bond donors (Lipinski definition) is 0. The highest BCUT2D eigenvalue weighted by Crippen LogP contribution is 2.39. The zero-order valence-electron chi connectivity index (χ0n) is 18.1. The maximum atomic E-state index is 13.6. The molecule has 9 heteroatoms. The highest BCUT2D eigenvalue weighted by atomic mass is 35.5. The Bertz CT molecular complexity index is 1170. The normalized spacial score (nSPS) is 20.3. The van der Waals surface area contributed by atoms with Gasteiger partial charge in [0.15, 0.2) is 0 Å². The van der Waals surface area contributed by atoms with Crippen LogP contribution in [-0.2, 0) is 14.8 Å². The molecule has 2 aromatic rings. The number of rotatable bonds is 4. The van der Waals surface area contributed by atoms with Gasteiger partial charge in [-0.25, -0.2) is 13.2 Å². The van der Waals surface area contributed by atoms with Crippen LogP contribution < -0.4 is 9.21 Å². The van der Waals surface area contributed by atoms with Crippen LogP contribution in [0.2, 0.25) is 5.02 Å². The van der Waals surface area contributed by atoms with E-state index in [9.17, 15) is 18.0 Å². The molecular weight excluding hydrogens is 450 g/mol. The fraction of sp³-hybridized carbons (Fsp3) is 0.391. The molecule has 2 aliphatic heterocycles. The number of piperidine rings is 1. The smallest absolute Gasteiger partial charge is 0.338 e. The van der Waals surface area contributed by atoms with E-state index in [0.717, 1.165) is 30.0 Å². The summed E-state index contributed by atoms with van der Waals surface area (Å²) >= 11 is 6.12. The zero-order chi connectivity index (χ0) is 23.0. The molecule has 0 aliphatic carbocycles. The van der Waals surface area contributed by atoms with Crippen molar-refractivity contribution < 1.29 is 18.0 Å². The lowest BCUT2D eigenvalue weighted by Gasteiger charge is -2.39. The van der Waals surface area contributed by atoms with Gasteiger partial charge in [-0.1, -0.05) is 36.7 Å². The molecule has 2 heterocycles. The van der Waals surface area contributed by atoms with Gasteiger partial charge in [0.05, 0.1) is 11.4 Å². The van der Waals surface area contributed by atoms with Crippen LogP contribution in [0.4, 0.5) is 16.2 Å². The number of urea groups is 1. The van der Waals surface area contributed by atoms with Crippen molar-refractivity contribution in [3.05, 3.63) is 53.1 Å². The summed E-state index contributed by atoms with van der Waals surface area (Å²) in [5.41, 5.74) is 0.977. The van der Waals surface area contributed by atoms with Gasteiger partial charge in [-0.05, 0) is 62.4 Å². The second-order valence-corrected chi connectivity index (χ2v) is 10.4. The van der Waals surface area contributed by atoms with E-state index in [-0.39, 0.29) is 34.8 Å². The lowest BCUT2D eigenvalue weighted by atomic mass is 10.00. The van der Waals surface area contributed by atoms with Crippen molar-refractivity contribution in [1.82, 2.24) is 4.90 Å². The number of amides is 3. The van der Waals surface area contributed by atoms with Crippen LogP contribution in [0.3, 0.4) is 0 Å². The number of fused-ring (bicyclic) bond motifs is 1. The van der Waals surface area contributed by atoms with Crippen LogP contribution >= 0.6 is 11.6 Å². The van der Waals surface area contributed by atoms with Crippen LogP contribution in [0, 0.1) is 6.92 Å². The molecule has 7 nitrogen and oxygen atoms in total. The zero-order valence-corrected chi connectivity index (χ0v) is 19.7. The summed E-state index contributed by atoms with van der Waals surface area (Å²) < 4.78 is 27.7. The predicted octanol–water partition coefficient (Wildman–Crippen LogP) is 4.57. The van der Waals surface area contributed by atoms with Gasteiger partial charge >= 0.3 is 6.03 Å². The van der Waals surface area contributed by atoms with E-state index < -0.39 is 16.1 Å². The molecule has 170 valence electrons. The minimum Gasteiger partial charge on any atom is -0.338 e. The number of hydrogen-bond acceptors (Lipinski definition) is 4. The molecule has 0 N–H and O–H groups in total. The second-order valence-electron chi connectivity index (χ2n) is 8.18. The van der Waals surface area contributed by atoms with Gasteiger partial charge in [0.1, 0.15) is 11.4 Å². The Kier molecular flexibility index (Phi) is 6.18. The first-order chi connectivity index (χ1) is 15.3. The van der Waals surface area contributed by atoms with Crippen LogP contribution in [0.5, 0.6) is 0 Å². The molecule has 0 radical (unpaired) electrons. The highest BCUT2D eigenvalue weighted by Gasteiger charge is 2.44. The minimum absolute atomic E-state index is 0.0162. The third-order valence-electron chi connectivity index (χ3n) is 6.18. The average molecular weight is 476 g/mol. The molecule has 1 saturated heterocycles. The standard InChI is InChI=1S/C23H26ClN3O4S/c1-3-18-8-6-7-13-25(18)22(28)15-26-19-9-4-5-10-21(19)32(30,31)27(23(26)29)20-14-17(24)12-11-16(20)2/h4-5,9-12,14,18H,3,6-8,13,15H2,1-2H3/t18-/m1/s1. The molecule has 4 rings (SSSR count). The lowest BCUT2D eigenvalue weighted by molar-refractivity contribution is -0.133. The first-order valence-electron chi connectivity index (χ1n) is 10.8. The number of benzene rings is 2. The largest absolute Gasteiger partial charge is 0.343 e. The Morgan fingerprint density at radius 1 is 1.12 bits per heavy atom. The van der Waals surface area contributed by atoms with Crippen molar-refractivity contribution in [2.24, 2.45) is 0 Å². The van der Waals surface area contributed by atoms with Gasteiger partial charge in [-0.2, -0.15) is 4.31 Å². The Balaban J connectivity index is 1.78. The Morgan fingerprint density at radius 2 is 1.88 bits per heavy atom. The molecule has 0 aromatic heterocycles. The number of halogens is 1. The Labute approximate surface area is 193 Å². The molecule has 2 aromatic carbocycles. The predicted molar refractivity (Wildman–Crippen MR) is 125 cm³/mol. The molecule has 2 aliphatic rings. The van der Waals surface area contributed by atoms with E-state index in [2.05, 4.69) is 0 Å². The summed E-state index contributed by atoms with van der Waals surface area (Å²) in [6, 6.07) is 10.4. The third kappa shape index (κ3) is 3.86. The third-order valence-corrected chi connectivity index (χ3v) is 8.15. The van der Waals surface area contributed by atoms with Crippen LogP contribution in [0.15, 0.2) is 47.4 Å². The van der Waals surface area contributed by atoms with Crippen molar-refractivity contribution in [3.8, 4) is 0 Å². The minimum atomic E-state index is -4.17. The van der Waals surface area contributed by atoms with Crippen molar-refractivity contribution in [1.29, 1.82) is 0 Å². The summed E-state index contributed by atoms with van der Waals surface area (Å²) in [7, 11) is -4.17. The maximum Gasteiger partial charge on any atom is 0.343 e. The van der Waals surface area contributed by atoms with Crippen molar-refractivity contribution in [2.75, 3.05) is 22.3 Å². The summed E-state index contributed by atoms with van der Waals surface area (Å²) in [4.78, 5) is 29.9. The molecule has 1 fully saturated rings. The molecule has 0 spiro atoms. The average Bonchev–Trinajstić information content (AvgIpc) is 2.78. The van der Waals surface area contributed by atoms with E-state index >= 15 is 0 Å². The molecule has 0 bridgehead atoms. The fourth-order valence-electron chi connectivity index (χ4n) is 4.48. The molecule has 32 heavy (non-hydrogen) atoms. The SMILES string of the molecule is CC[C@@H]1CCCCN1C(=O)CN1C(=O)N(c2cc(Cl)ccc2C)S(=O)(=O)c2ccccc21. The van der Waals surface area contributed by atoms with Gasteiger partial charge in [-0.3, -0.25) is 9.69 Å². The molecule has 0 unspecified atom stereocenters. The first-order valence-corrected chi connectivity index (χ1v) is 12.6. The molecule has 1 atom stereocenters. The number of nitrogens with zero attached hydrogens (tertiary/aromatic N) is 3. The maximum absolute atomic E-state index is 13.6. The highest BCUT2D eigenvalue weighted by molar-refractivity contribution is 7.94. The number of para-hydroxylation sites is 1. The molecular formula is C23H26ClN3O4S. The van der Waals surface area contributed by atoms with E-state index in [0.29, 0.717) is 17.1 Å². The first kappa shape index (κ1) is 22.6. The van der Waals surface area contributed by atoms with Gasteiger partial charge in [-0.15, -0.1) is 0 Å².